The van der Waals surface area contributed by atoms with E-state index >= 15 is 0 Å². The Morgan fingerprint density at radius 3 is 2.79 bits per heavy atom. The summed E-state index contributed by atoms with van der Waals surface area (Å²) in [5.41, 5.74) is 5.15. The van der Waals surface area contributed by atoms with E-state index in [9.17, 15) is 4.79 Å². The van der Waals surface area contributed by atoms with Gasteiger partial charge in [0.1, 0.15) is 5.82 Å². The van der Waals surface area contributed by atoms with Gasteiger partial charge in [-0.05, 0) is 43.9 Å². The lowest BCUT2D eigenvalue weighted by molar-refractivity contribution is -0.116. The predicted molar refractivity (Wildman–Crippen MR) is 113 cm³/mol. The molecule has 1 aromatic heterocycles. The first kappa shape index (κ1) is 18.0. The predicted octanol–water partition coefficient (Wildman–Crippen LogP) is 3.41. The SMILES string of the molecule is CN(C)CC(=O)Nc1cccc(-c2cn(-c3ccccc3)c3c2CNC=N3)c1. The highest BCUT2D eigenvalue weighted by Gasteiger charge is 2.19. The highest BCUT2D eigenvalue weighted by Crippen LogP contribution is 2.37. The molecule has 28 heavy (non-hydrogen) atoms. The maximum atomic E-state index is 12.1. The minimum atomic E-state index is -0.0303. The van der Waals surface area contributed by atoms with Crippen molar-refractivity contribution in [2.75, 3.05) is 26.0 Å². The number of amides is 1. The molecule has 142 valence electrons. The number of anilines is 1. The summed E-state index contributed by atoms with van der Waals surface area (Å²) in [6.45, 7) is 1.06. The number of fused-ring (bicyclic) bond motifs is 1. The zero-order chi connectivity index (χ0) is 19.5. The highest BCUT2D eigenvalue weighted by molar-refractivity contribution is 5.93. The van der Waals surface area contributed by atoms with Gasteiger partial charge >= 0.3 is 0 Å². The fourth-order valence-corrected chi connectivity index (χ4v) is 3.39. The van der Waals surface area contributed by atoms with Crippen molar-refractivity contribution in [3.05, 3.63) is 66.4 Å². The van der Waals surface area contributed by atoms with Gasteiger partial charge in [0.05, 0.1) is 12.9 Å². The molecular formula is C22H23N5O. The summed E-state index contributed by atoms with van der Waals surface area (Å²) < 4.78 is 2.11. The van der Waals surface area contributed by atoms with Crippen LogP contribution in [0.3, 0.4) is 0 Å². The molecule has 6 nitrogen and oxygen atoms in total. The Bertz CT molecular complexity index is 1020. The molecule has 0 radical (unpaired) electrons. The number of nitrogens with one attached hydrogen (secondary N) is 2. The van der Waals surface area contributed by atoms with Crippen LogP contribution >= 0.6 is 0 Å². The lowest BCUT2D eigenvalue weighted by Crippen LogP contribution is -2.27. The van der Waals surface area contributed by atoms with Gasteiger partial charge in [0.2, 0.25) is 5.91 Å². The number of carbonyl (C=O) groups is 1. The average molecular weight is 373 g/mol. The van der Waals surface area contributed by atoms with Gasteiger partial charge in [-0.3, -0.25) is 4.79 Å². The number of hydrogen-bond acceptors (Lipinski definition) is 4. The molecule has 0 saturated heterocycles. The number of para-hydroxylation sites is 1. The molecule has 1 aliphatic rings. The van der Waals surface area contributed by atoms with Crippen LogP contribution in [0.2, 0.25) is 0 Å². The van der Waals surface area contributed by atoms with Crippen molar-refractivity contribution < 1.29 is 4.79 Å². The third-order valence-corrected chi connectivity index (χ3v) is 4.59. The number of hydrogen-bond donors (Lipinski definition) is 2. The number of aromatic nitrogens is 1. The van der Waals surface area contributed by atoms with E-state index in [1.165, 1.54) is 0 Å². The van der Waals surface area contributed by atoms with E-state index < -0.39 is 0 Å². The maximum absolute atomic E-state index is 12.1. The van der Waals surface area contributed by atoms with Crippen molar-refractivity contribution in [3.63, 3.8) is 0 Å². The van der Waals surface area contributed by atoms with Crippen molar-refractivity contribution in [1.29, 1.82) is 0 Å². The number of nitrogens with zero attached hydrogens (tertiary/aromatic N) is 3. The molecule has 6 heteroatoms. The molecular weight excluding hydrogens is 350 g/mol. The van der Waals surface area contributed by atoms with Crippen LogP contribution in [-0.2, 0) is 11.3 Å². The van der Waals surface area contributed by atoms with Crippen molar-refractivity contribution in [1.82, 2.24) is 14.8 Å². The summed E-state index contributed by atoms with van der Waals surface area (Å²) in [7, 11) is 3.75. The first-order valence-electron chi connectivity index (χ1n) is 9.22. The molecule has 1 aliphatic heterocycles. The van der Waals surface area contributed by atoms with E-state index in [1.54, 1.807) is 6.34 Å². The van der Waals surface area contributed by atoms with Crippen LogP contribution in [0.5, 0.6) is 0 Å². The molecule has 3 aromatic rings. The van der Waals surface area contributed by atoms with E-state index in [0.29, 0.717) is 13.1 Å². The molecule has 2 heterocycles. The van der Waals surface area contributed by atoms with Gasteiger partial charge in [-0.15, -0.1) is 0 Å². The van der Waals surface area contributed by atoms with E-state index in [0.717, 1.165) is 33.9 Å². The Labute approximate surface area is 164 Å². The number of likely N-dealkylation sites (N-methyl/N-ethyl adjacent to an activating group) is 1. The first-order chi connectivity index (χ1) is 13.6. The van der Waals surface area contributed by atoms with Gasteiger partial charge in [0.25, 0.3) is 0 Å². The molecule has 4 rings (SSSR count). The number of rotatable bonds is 5. The normalized spacial score (nSPS) is 12.5. The molecule has 0 atom stereocenters. The van der Waals surface area contributed by atoms with E-state index in [4.69, 9.17) is 0 Å². The van der Waals surface area contributed by atoms with Gasteiger partial charge < -0.3 is 20.1 Å². The summed E-state index contributed by atoms with van der Waals surface area (Å²) in [6.07, 6.45) is 3.86. The summed E-state index contributed by atoms with van der Waals surface area (Å²) in [6, 6.07) is 18.1. The molecule has 0 saturated carbocycles. The van der Waals surface area contributed by atoms with Crippen LogP contribution in [0.1, 0.15) is 5.56 Å². The Morgan fingerprint density at radius 1 is 1.18 bits per heavy atom. The summed E-state index contributed by atoms with van der Waals surface area (Å²) in [4.78, 5) is 18.5. The smallest absolute Gasteiger partial charge is 0.238 e. The standard InChI is InChI=1S/C22H23N5O/c1-26(2)14-21(28)25-17-8-6-7-16(11-17)20-13-27(18-9-4-3-5-10-18)22-19(20)12-23-15-24-22/h3-11,13,15H,12,14H2,1-2H3,(H,23,24)(H,25,28). The molecule has 2 aromatic carbocycles. The van der Waals surface area contributed by atoms with E-state index in [-0.39, 0.29) is 5.91 Å². The summed E-state index contributed by atoms with van der Waals surface area (Å²) >= 11 is 0. The van der Waals surface area contributed by atoms with Gasteiger partial charge in [0.15, 0.2) is 0 Å². The van der Waals surface area contributed by atoms with Crippen molar-refractivity contribution in [3.8, 4) is 16.8 Å². The quantitative estimate of drug-likeness (QED) is 0.720. The van der Waals surface area contributed by atoms with Gasteiger partial charge in [-0.1, -0.05) is 30.3 Å². The van der Waals surface area contributed by atoms with Gasteiger partial charge in [0, 0.05) is 35.2 Å². The second-order valence-corrected chi connectivity index (χ2v) is 7.06. The number of carbonyl (C=O) groups excluding carboxylic acids is 1. The van der Waals surface area contributed by atoms with Crippen LogP contribution in [0, 0.1) is 0 Å². The average Bonchev–Trinajstić information content (AvgIpc) is 3.08. The Balaban J connectivity index is 1.72. The highest BCUT2D eigenvalue weighted by atomic mass is 16.2. The maximum Gasteiger partial charge on any atom is 0.238 e. The molecule has 1 amide bonds. The first-order valence-corrected chi connectivity index (χ1v) is 9.22. The zero-order valence-corrected chi connectivity index (χ0v) is 16.0. The Kier molecular flexibility index (Phi) is 4.95. The fraction of sp³-hybridized carbons (Fsp3) is 0.182. The topological polar surface area (TPSA) is 61.7 Å². The van der Waals surface area contributed by atoms with Crippen LogP contribution in [0.4, 0.5) is 11.5 Å². The lowest BCUT2D eigenvalue weighted by Gasteiger charge is -2.13. The minimum absolute atomic E-state index is 0.0303. The van der Waals surface area contributed by atoms with Crippen LogP contribution < -0.4 is 10.6 Å². The van der Waals surface area contributed by atoms with Crippen LogP contribution in [0.15, 0.2) is 65.8 Å². The Morgan fingerprint density at radius 2 is 2.00 bits per heavy atom. The van der Waals surface area contributed by atoms with Crippen LogP contribution in [0.25, 0.3) is 16.8 Å². The van der Waals surface area contributed by atoms with Crippen molar-refractivity contribution in [2.24, 2.45) is 4.99 Å². The minimum Gasteiger partial charge on any atom is -0.372 e. The molecule has 0 unspecified atom stereocenters. The molecule has 2 N–H and O–H groups in total. The summed E-state index contributed by atoms with van der Waals surface area (Å²) in [5, 5.41) is 6.17. The number of benzene rings is 2. The second-order valence-electron chi connectivity index (χ2n) is 7.06. The van der Waals surface area contributed by atoms with Gasteiger partial charge in [-0.2, -0.15) is 0 Å². The molecule has 0 fully saturated rings. The molecule has 0 aliphatic carbocycles. The lowest BCUT2D eigenvalue weighted by atomic mass is 10.0. The molecule has 0 spiro atoms. The van der Waals surface area contributed by atoms with Gasteiger partial charge in [-0.25, -0.2) is 4.99 Å². The van der Waals surface area contributed by atoms with Crippen LogP contribution in [-0.4, -0.2) is 42.4 Å². The Hall–Kier alpha value is -3.38. The molecule has 0 bridgehead atoms. The third kappa shape index (κ3) is 3.68. The monoisotopic (exact) mass is 373 g/mol. The number of aliphatic imine (C=N–C) groups is 1. The second kappa shape index (κ2) is 7.70. The van der Waals surface area contributed by atoms with Crippen molar-refractivity contribution in [2.45, 2.75) is 6.54 Å². The fourth-order valence-electron chi connectivity index (χ4n) is 3.39. The van der Waals surface area contributed by atoms with E-state index in [1.807, 2.05) is 55.4 Å². The van der Waals surface area contributed by atoms with E-state index in [2.05, 4.69) is 44.6 Å². The van der Waals surface area contributed by atoms with Crippen molar-refractivity contribution >= 4 is 23.8 Å². The summed E-state index contributed by atoms with van der Waals surface area (Å²) in [5.74, 6) is 0.902. The zero-order valence-electron chi connectivity index (χ0n) is 16.0. The largest absolute Gasteiger partial charge is 0.372 e. The third-order valence-electron chi connectivity index (χ3n) is 4.59.